The van der Waals surface area contributed by atoms with Crippen LogP contribution >= 0.6 is 32.3 Å². The summed E-state index contributed by atoms with van der Waals surface area (Å²) in [5.41, 5.74) is 4.06. The maximum Gasteiger partial charge on any atom is 0.259 e. The lowest BCUT2D eigenvalue weighted by molar-refractivity contribution is -0.122. The third-order valence-corrected chi connectivity index (χ3v) is 5.98. The summed E-state index contributed by atoms with van der Waals surface area (Å²) in [6.07, 6.45) is 3.65. The predicted molar refractivity (Wildman–Crippen MR) is 112 cm³/mol. The van der Waals surface area contributed by atoms with Crippen molar-refractivity contribution in [2.75, 3.05) is 0 Å². The minimum Gasteiger partial charge on any atom is -0.288 e. The molecule has 0 radical (unpaired) electrons. The Balaban J connectivity index is 1.88. The summed E-state index contributed by atoms with van der Waals surface area (Å²) in [6, 6.07) is 15.5. The Labute approximate surface area is 170 Å². The van der Waals surface area contributed by atoms with Crippen LogP contribution < -0.4 is 5.32 Å². The SMILES string of the molecule is O=C1NC(=O)C(c2cn(Br)c3ccccc23)=C1c1cn(Br)c2ccccc12. The number of para-hydroxylation sites is 2. The third-order valence-electron chi connectivity index (χ3n) is 4.80. The number of halogens is 2. The Morgan fingerprint density at radius 3 is 1.52 bits per heavy atom. The smallest absolute Gasteiger partial charge is 0.259 e. The molecule has 132 valence electrons. The van der Waals surface area contributed by atoms with Gasteiger partial charge in [0.1, 0.15) is 0 Å². The first kappa shape index (κ1) is 16.5. The first-order valence-corrected chi connectivity index (χ1v) is 9.61. The normalized spacial score (nSPS) is 14.6. The number of nitrogens with one attached hydrogen (secondary N) is 1. The largest absolute Gasteiger partial charge is 0.288 e. The molecule has 0 unspecified atom stereocenters. The molecule has 4 aromatic rings. The standard InChI is InChI=1S/C20H11Br2N3O2/c21-24-9-13(11-5-1-3-7-15(11)24)17-18(20(27)23-19(17)26)14-10-25(22)16-8-4-2-6-12(14)16/h1-10H,(H,23,26,27). The minimum absolute atomic E-state index is 0.384. The maximum absolute atomic E-state index is 12.7. The van der Waals surface area contributed by atoms with Gasteiger partial charge in [-0.3, -0.25) is 22.1 Å². The molecule has 27 heavy (non-hydrogen) atoms. The molecule has 0 spiro atoms. The summed E-state index contributed by atoms with van der Waals surface area (Å²) < 4.78 is 3.57. The van der Waals surface area contributed by atoms with E-state index in [2.05, 4.69) is 37.6 Å². The van der Waals surface area contributed by atoms with Gasteiger partial charge >= 0.3 is 0 Å². The van der Waals surface area contributed by atoms with E-state index in [4.69, 9.17) is 0 Å². The molecule has 3 heterocycles. The highest BCUT2D eigenvalue weighted by Crippen LogP contribution is 2.39. The van der Waals surface area contributed by atoms with Gasteiger partial charge in [0.25, 0.3) is 11.8 Å². The molecule has 1 aliphatic heterocycles. The molecule has 0 fully saturated rings. The fourth-order valence-corrected chi connectivity index (χ4v) is 4.68. The second-order valence-electron chi connectivity index (χ2n) is 6.28. The van der Waals surface area contributed by atoms with Gasteiger partial charge in [-0.05, 0) is 12.1 Å². The summed E-state index contributed by atoms with van der Waals surface area (Å²) in [6.45, 7) is 0. The number of carbonyl (C=O) groups excluding carboxylic acids is 2. The number of carbonyl (C=O) groups is 2. The average Bonchev–Trinajstić information content (AvgIpc) is 3.27. The number of imide groups is 1. The summed E-state index contributed by atoms with van der Waals surface area (Å²) in [5.74, 6) is -0.768. The van der Waals surface area contributed by atoms with Crippen LogP contribution in [-0.4, -0.2) is 19.0 Å². The average molecular weight is 485 g/mol. The topological polar surface area (TPSA) is 56.0 Å². The van der Waals surface area contributed by atoms with E-state index < -0.39 is 0 Å². The first-order valence-electron chi connectivity index (χ1n) is 8.19. The highest BCUT2D eigenvalue weighted by Gasteiger charge is 2.35. The Morgan fingerprint density at radius 1 is 0.667 bits per heavy atom. The molecular weight excluding hydrogens is 474 g/mol. The van der Waals surface area contributed by atoms with Crippen LogP contribution in [0, 0.1) is 0 Å². The summed E-state index contributed by atoms with van der Waals surface area (Å²) >= 11 is 6.97. The van der Waals surface area contributed by atoms with Crippen LogP contribution in [0.25, 0.3) is 33.0 Å². The number of fused-ring (bicyclic) bond motifs is 2. The van der Waals surface area contributed by atoms with Crippen LogP contribution in [0.2, 0.25) is 0 Å². The van der Waals surface area contributed by atoms with Crippen molar-refractivity contribution in [1.82, 2.24) is 12.5 Å². The van der Waals surface area contributed by atoms with Gasteiger partial charge in [0, 0.05) is 34.3 Å². The zero-order valence-electron chi connectivity index (χ0n) is 13.7. The van der Waals surface area contributed by atoms with E-state index in [-0.39, 0.29) is 11.8 Å². The van der Waals surface area contributed by atoms with E-state index >= 15 is 0 Å². The van der Waals surface area contributed by atoms with Gasteiger partial charge < -0.3 is 0 Å². The number of aromatic nitrogens is 2. The van der Waals surface area contributed by atoms with Gasteiger partial charge in [-0.2, -0.15) is 0 Å². The second kappa shape index (κ2) is 5.94. The van der Waals surface area contributed by atoms with Gasteiger partial charge in [-0.25, -0.2) is 0 Å². The molecule has 0 saturated heterocycles. The molecule has 1 aliphatic rings. The molecule has 0 aliphatic carbocycles. The van der Waals surface area contributed by atoms with E-state index in [1.807, 2.05) is 60.9 Å². The van der Waals surface area contributed by atoms with Crippen molar-refractivity contribution in [3.8, 4) is 0 Å². The summed E-state index contributed by atoms with van der Waals surface area (Å²) in [5, 5.41) is 4.26. The van der Waals surface area contributed by atoms with E-state index in [9.17, 15) is 9.59 Å². The fraction of sp³-hybridized carbons (Fsp3) is 0. The van der Waals surface area contributed by atoms with E-state index in [1.54, 1.807) is 7.19 Å². The maximum atomic E-state index is 12.7. The number of nitrogens with zero attached hydrogens (tertiary/aromatic N) is 2. The Hall–Kier alpha value is -2.64. The Kier molecular flexibility index (Phi) is 3.63. The molecule has 7 heteroatoms. The lowest BCUT2D eigenvalue weighted by Crippen LogP contribution is -2.22. The quantitative estimate of drug-likeness (QED) is 0.426. The van der Waals surface area contributed by atoms with Crippen LogP contribution in [0.5, 0.6) is 0 Å². The fourth-order valence-electron chi connectivity index (χ4n) is 3.65. The zero-order valence-corrected chi connectivity index (χ0v) is 16.9. The van der Waals surface area contributed by atoms with Crippen molar-refractivity contribution < 1.29 is 9.59 Å². The Bertz CT molecular complexity index is 1210. The number of amides is 2. The van der Waals surface area contributed by atoms with Crippen LogP contribution in [0.15, 0.2) is 60.9 Å². The van der Waals surface area contributed by atoms with Crippen molar-refractivity contribution in [3.63, 3.8) is 0 Å². The zero-order chi connectivity index (χ0) is 18.7. The van der Waals surface area contributed by atoms with Crippen molar-refractivity contribution >= 4 is 77.1 Å². The van der Waals surface area contributed by atoms with Crippen LogP contribution in [0.1, 0.15) is 11.1 Å². The van der Waals surface area contributed by atoms with Gasteiger partial charge in [0.2, 0.25) is 0 Å². The highest BCUT2D eigenvalue weighted by molar-refractivity contribution is 9.08. The lowest BCUT2D eigenvalue weighted by atomic mass is 9.95. The summed E-state index contributed by atoms with van der Waals surface area (Å²) in [7, 11) is 0. The van der Waals surface area contributed by atoms with Gasteiger partial charge in [0.05, 0.1) is 54.5 Å². The molecule has 5 nitrogen and oxygen atoms in total. The molecule has 2 amide bonds. The minimum atomic E-state index is -0.384. The van der Waals surface area contributed by atoms with Crippen molar-refractivity contribution in [2.45, 2.75) is 0 Å². The molecule has 0 saturated carbocycles. The number of rotatable bonds is 2. The molecule has 1 N–H and O–H groups in total. The van der Waals surface area contributed by atoms with E-state index in [0.29, 0.717) is 22.3 Å². The van der Waals surface area contributed by atoms with Gasteiger partial charge in [-0.1, -0.05) is 36.4 Å². The molecule has 5 rings (SSSR count). The van der Waals surface area contributed by atoms with E-state index in [1.165, 1.54) is 0 Å². The number of benzene rings is 2. The van der Waals surface area contributed by atoms with Crippen LogP contribution in [0.4, 0.5) is 0 Å². The Morgan fingerprint density at radius 2 is 1.07 bits per heavy atom. The number of hydrogen-bond acceptors (Lipinski definition) is 2. The lowest BCUT2D eigenvalue weighted by Gasteiger charge is -2.02. The monoisotopic (exact) mass is 483 g/mol. The second-order valence-corrected chi connectivity index (χ2v) is 7.80. The third kappa shape index (κ3) is 2.35. The van der Waals surface area contributed by atoms with Gasteiger partial charge in [0.15, 0.2) is 0 Å². The highest BCUT2D eigenvalue weighted by atomic mass is 79.9. The number of hydrogen-bond donors (Lipinski definition) is 1. The molecule has 0 bridgehead atoms. The van der Waals surface area contributed by atoms with Crippen LogP contribution in [0.3, 0.4) is 0 Å². The van der Waals surface area contributed by atoms with Crippen LogP contribution in [-0.2, 0) is 9.59 Å². The van der Waals surface area contributed by atoms with Crippen molar-refractivity contribution in [2.24, 2.45) is 0 Å². The van der Waals surface area contributed by atoms with Crippen molar-refractivity contribution in [3.05, 3.63) is 72.1 Å². The molecule has 2 aromatic heterocycles. The van der Waals surface area contributed by atoms with Gasteiger partial charge in [-0.15, -0.1) is 0 Å². The molecule has 0 atom stereocenters. The van der Waals surface area contributed by atoms with E-state index in [0.717, 1.165) is 21.8 Å². The predicted octanol–water partition coefficient (Wildman–Crippen LogP) is 4.48. The summed E-state index contributed by atoms with van der Waals surface area (Å²) in [4.78, 5) is 25.5. The molecular formula is C20H11Br2N3O2. The first-order chi connectivity index (χ1) is 13.1. The van der Waals surface area contributed by atoms with Crippen molar-refractivity contribution in [1.29, 1.82) is 0 Å². The molecule has 2 aromatic carbocycles.